The summed E-state index contributed by atoms with van der Waals surface area (Å²) in [6.07, 6.45) is 0. The quantitative estimate of drug-likeness (QED) is 0.777. The van der Waals surface area contributed by atoms with Crippen LogP contribution >= 0.6 is 11.6 Å². The molecule has 1 aromatic carbocycles. The zero-order valence-corrected chi connectivity index (χ0v) is 9.18. The fraction of sp³-hybridized carbons (Fsp3) is 0.200. The van der Waals surface area contributed by atoms with E-state index >= 15 is 0 Å². The van der Waals surface area contributed by atoms with Crippen molar-refractivity contribution in [2.24, 2.45) is 4.99 Å². The van der Waals surface area contributed by atoms with Gasteiger partial charge in [-0.15, -0.1) is 0 Å². The van der Waals surface area contributed by atoms with Crippen molar-refractivity contribution in [3.05, 3.63) is 34.6 Å². The molecule has 0 spiro atoms. The highest BCUT2D eigenvalue weighted by Crippen LogP contribution is 2.21. The summed E-state index contributed by atoms with van der Waals surface area (Å²) in [5.41, 5.74) is 0.512. The molecule has 4 nitrogen and oxygen atoms in total. The molecule has 0 aliphatic carbocycles. The van der Waals surface area contributed by atoms with Crippen molar-refractivity contribution in [3.63, 3.8) is 0 Å². The van der Waals surface area contributed by atoms with Gasteiger partial charge >= 0.3 is 0 Å². The number of benzene rings is 1. The average Bonchev–Trinajstić information content (AvgIpc) is 2.64. The maximum atomic E-state index is 13.2. The molecule has 1 heterocycles. The van der Waals surface area contributed by atoms with Gasteiger partial charge in [0.15, 0.2) is 5.96 Å². The highest BCUT2D eigenvalue weighted by atomic mass is 35.5. The monoisotopic (exact) mass is 241 g/mol. The Balaban J connectivity index is 2.31. The molecule has 1 aliphatic rings. The van der Waals surface area contributed by atoms with Crippen LogP contribution in [0.2, 0.25) is 5.02 Å². The van der Waals surface area contributed by atoms with Gasteiger partial charge in [-0.2, -0.15) is 0 Å². The first kappa shape index (κ1) is 10.9. The first-order chi connectivity index (χ1) is 7.61. The standard InChI is InChI=1S/C10H9ClFN3O/c1-13-10-14-8(9(16)15-10)5-2-3-6(11)7(12)4-5/h2-4,8H,1H3,(H2,13,14,15,16). The van der Waals surface area contributed by atoms with Gasteiger partial charge in [-0.25, -0.2) is 4.39 Å². The molecular weight excluding hydrogens is 233 g/mol. The van der Waals surface area contributed by atoms with E-state index in [1.807, 2.05) is 0 Å². The number of rotatable bonds is 1. The maximum Gasteiger partial charge on any atom is 0.253 e. The van der Waals surface area contributed by atoms with Crippen molar-refractivity contribution >= 4 is 23.5 Å². The van der Waals surface area contributed by atoms with Crippen LogP contribution in [0.3, 0.4) is 0 Å². The van der Waals surface area contributed by atoms with Crippen LogP contribution in [0.15, 0.2) is 23.2 Å². The molecule has 0 radical (unpaired) electrons. The molecule has 1 aliphatic heterocycles. The molecule has 2 N–H and O–H groups in total. The second-order valence-electron chi connectivity index (χ2n) is 3.31. The summed E-state index contributed by atoms with van der Waals surface area (Å²) in [5, 5.41) is 5.40. The summed E-state index contributed by atoms with van der Waals surface area (Å²) in [7, 11) is 1.55. The number of carbonyl (C=O) groups is 1. The Labute approximate surface area is 96.5 Å². The zero-order chi connectivity index (χ0) is 11.7. The lowest BCUT2D eigenvalue weighted by atomic mass is 10.1. The second kappa shape index (κ2) is 4.09. The third-order valence-corrected chi connectivity index (χ3v) is 2.59. The highest BCUT2D eigenvalue weighted by molar-refractivity contribution is 6.30. The van der Waals surface area contributed by atoms with Crippen molar-refractivity contribution in [2.45, 2.75) is 6.04 Å². The first-order valence-corrected chi connectivity index (χ1v) is 4.98. The fourth-order valence-electron chi connectivity index (χ4n) is 1.47. The van der Waals surface area contributed by atoms with Crippen molar-refractivity contribution in [1.29, 1.82) is 0 Å². The number of nitrogens with zero attached hydrogens (tertiary/aromatic N) is 1. The maximum absolute atomic E-state index is 13.2. The number of halogens is 2. The summed E-state index contributed by atoms with van der Waals surface area (Å²) in [6, 6.07) is 3.63. The van der Waals surface area contributed by atoms with E-state index in [1.165, 1.54) is 12.1 Å². The summed E-state index contributed by atoms with van der Waals surface area (Å²) in [5.74, 6) is -0.427. The predicted molar refractivity (Wildman–Crippen MR) is 58.8 cm³/mol. The summed E-state index contributed by atoms with van der Waals surface area (Å²) in [6.45, 7) is 0. The predicted octanol–water partition coefficient (Wildman–Crippen LogP) is 1.23. The molecule has 0 bridgehead atoms. The Hall–Kier alpha value is -1.62. The van der Waals surface area contributed by atoms with E-state index in [4.69, 9.17) is 11.6 Å². The van der Waals surface area contributed by atoms with Gasteiger partial charge in [0.1, 0.15) is 11.9 Å². The highest BCUT2D eigenvalue weighted by Gasteiger charge is 2.29. The number of carbonyl (C=O) groups excluding carboxylic acids is 1. The van der Waals surface area contributed by atoms with Gasteiger partial charge in [0, 0.05) is 7.05 Å². The van der Waals surface area contributed by atoms with Crippen LogP contribution in [0.1, 0.15) is 11.6 Å². The third kappa shape index (κ3) is 1.86. The minimum atomic E-state index is -0.620. The van der Waals surface area contributed by atoms with Crippen LogP contribution in [-0.2, 0) is 4.79 Å². The van der Waals surface area contributed by atoms with Crippen LogP contribution < -0.4 is 10.6 Å². The number of hydrogen-bond donors (Lipinski definition) is 2. The molecule has 1 fully saturated rings. The van der Waals surface area contributed by atoms with Gasteiger partial charge in [-0.1, -0.05) is 17.7 Å². The van der Waals surface area contributed by atoms with Crippen LogP contribution in [0.4, 0.5) is 4.39 Å². The van der Waals surface area contributed by atoms with Crippen molar-refractivity contribution in [3.8, 4) is 0 Å². The van der Waals surface area contributed by atoms with Gasteiger partial charge in [-0.3, -0.25) is 15.1 Å². The summed E-state index contributed by atoms with van der Waals surface area (Å²) in [4.78, 5) is 15.3. The molecular formula is C10H9ClFN3O. The summed E-state index contributed by atoms with van der Waals surface area (Å²) >= 11 is 5.56. The average molecular weight is 242 g/mol. The molecule has 6 heteroatoms. The van der Waals surface area contributed by atoms with E-state index in [0.29, 0.717) is 11.5 Å². The number of amides is 1. The normalized spacial score (nSPS) is 22.1. The zero-order valence-electron chi connectivity index (χ0n) is 8.42. The second-order valence-corrected chi connectivity index (χ2v) is 3.72. The fourth-order valence-corrected chi connectivity index (χ4v) is 1.59. The smallest absolute Gasteiger partial charge is 0.253 e. The van der Waals surface area contributed by atoms with Crippen molar-refractivity contribution in [1.82, 2.24) is 10.6 Å². The number of hydrogen-bond acceptors (Lipinski definition) is 2. The van der Waals surface area contributed by atoms with Crippen molar-refractivity contribution < 1.29 is 9.18 Å². The van der Waals surface area contributed by atoms with Crippen LogP contribution in [-0.4, -0.2) is 18.9 Å². The molecule has 1 atom stereocenters. The van der Waals surface area contributed by atoms with Gasteiger partial charge in [-0.05, 0) is 17.7 Å². The molecule has 1 amide bonds. The lowest BCUT2D eigenvalue weighted by Crippen LogP contribution is -2.24. The topological polar surface area (TPSA) is 53.5 Å². The molecule has 84 valence electrons. The molecule has 1 unspecified atom stereocenters. The Morgan fingerprint density at radius 2 is 2.25 bits per heavy atom. The Morgan fingerprint density at radius 3 is 2.81 bits per heavy atom. The van der Waals surface area contributed by atoms with Gasteiger partial charge in [0.25, 0.3) is 5.91 Å². The Kier molecular flexibility index (Phi) is 2.78. The Morgan fingerprint density at radius 1 is 1.50 bits per heavy atom. The SMILES string of the molecule is CN=C1NC(=O)C(c2ccc(Cl)c(F)c2)N1. The van der Waals surface area contributed by atoms with E-state index in [2.05, 4.69) is 15.6 Å². The molecule has 1 aromatic rings. The van der Waals surface area contributed by atoms with Gasteiger partial charge in [0.05, 0.1) is 5.02 Å². The van der Waals surface area contributed by atoms with E-state index in [1.54, 1.807) is 13.1 Å². The first-order valence-electron chi connectivity index (χ1n) is 4.61. The van der Waals surface area contributed by atoms with Crippen LogP contribution in [0.25, 0.3) is 0 Å². The molecule has 0 aromatic heterocycles. The molecule has 1 saturated heterocycles. The number of nitrogens with one attached hydrogen (secondary N) is 2. The van der Waals surface area contributed by atoms with Crippen LogP contribution in [0, 0.1) is 5.82 Å². The number of aliphatic imine (C=N–C) groups is 1. The molecule has 2 rings (SSSR count). The number of guanidine groups is 1. The van der Waals surface area contributed by atoms with E-state index in [-0.39, 0.29) is 10.9 Å². The third-order valence-electron chi connectivity index (χ3n) is 2.29. The van der Waals surface area contributed by atoms with E-state index in [0.717, 1.165) is 0 Å². The van der Waals surface area contributed by atoms with E-state index < -0.39 is 11.9 Å². The Bertz CT molecular complexity index is 475. The molecule has 0 saturated carbocycles. The largest absolute Gasteiger partial charge is 0.340 e. The van der Waals surface area contributed by atoms with Crippen LogP contribution in [0.5, 0.6) is 0 Å². The lowest BCUT2D eigenvalue weighted by Gasteiger charge is -2.08. The van der Waals surface area contributed by atoms with Crippen molar-refractivity contribution in [2.75, 3.05) is 7.05 Å². The summed E-state index contributed by atoms with van der Waals surface area (Å²) < 4.78 is 13.2. The molecule has 16 heavy (non-hydrogen) atoms. The minimum Gasteiger partial charge on any atom is -0.340 e. The van der Waals surface area contributed by atoms with E-state index in [9.17, 15) is 9.18 Å². The van der Waals surface area contributed by atoms with Gasteiger partial charge < -0.3 is 5.32 Å². The van der Waals surface area contributed by atoms with Gasteiger partial charge in [0.2, 0.25) is 0 Å². The minimum absolute atomic E-state index is 0.0338. The lowest BCUT2D eigenvalue weighted by molar-refractivity contribution is -0.120.